The molecule has 1 aromatic carbocycles. The molecule has 20 heavy (non-hydrogen) atoms. The maximum atomic E-state index is 10.7. The summed E-state index contributed by atoms with van der Waals surface area (Å²) in [6.45, 7) is 0. The Morgan fingerprint density at radius 3 is 2.70 bits per heavy atom. The topological polar surface area (TPSA) is 112 Å². The number of nitro benzene ring substituents is 1. The molecule has 0 saturated carbocycles. The number of rotatable bonds is 5. The quantitative estimate of drug-likeness (QED) is 0.509. The Labute approximate surface area is 118 Å². The largest absolute Gasteiger partial charge is 0.369 e. The number of carbonyl (C=O) groups is 1. The van der Waals surface area contributed by atoms with Crippen LogP contribution in [-0.2, 0) is 4.79 Å². The molecule has 0 aliphatic carbocycles. The van der Waals surface area contributed by atoms with E-state index in [-0.39, 0.29) is 11.4 Å². The third-order valence-corrected chi connectivity index (χ3v) is 3.30. The van der Waals surface area contributed by atoms with Crippen molar-refractivity contribution in [1.82, 2.24) is 10.2 Å². The first-order valence-corrected chi connectivity index (χ1v) is 6.54. The minimum absolute atomic E-state index is 0.00326. The van der Waals surface area contributed by atoms with E-state index in [1.807, 2.05) is 0 Å². The van der Waals surface area contributed by atoms with Gasteiger partial charge < -0.3 is 5.73 Å². The second-order valence-corrected chi connectivity index (χ2v) is 4.81. The van der Waals surface area contributed by atoms with Gasteiger partial charge in [0.25, 0.3) is 5.69 Å². The van der Waals surface area contributed by atoms with Gasteiger partial charge in [-0.25, -0.2) is 0 Å². The van der Waals surface area contributed by atoms with Crippen molar-refractivity contribution in [2.24, 2.45) is 5.73 Å². The van der Waals surface area contributed by atoms with Crippen LogP contribution in [0.5, 0.6) is 0 Å². The monoisotopic (exact) mass is 290 g/mol. The first kappa shape index (κ1) is 13.9. The van der Waals surface area contributed by atoms with Gasteiger partial charge in [0.05, 0.1) is 16.4 Å². The average Bonchev–Trinajstić information content (AvgIpc) is 2.46. The molecule has 0 fully saturated rings. The molecule has 0 unspecified atom stereocenters. The van der Waals surface area contributed by atoms with E-state index >= 15 is 0 Å². The number of non-ortho nitro benzene ring substituents is 1. The number of hydrogen-bond donors (Lipinski definition) is 1. The summed E-state index contributed by atoms with van der Waals surface area (Å²) in [5.41, 5.74) is 6.17. The first-order chi connectivity index (χ1) is 9.56. The number of amides is 1. The van der Waals surface area contributed by atoms with Crippen LogP contribution >= 0.6 is 11.8 Å². The van der Waals surface area contributed by atoms with Crippen molar-refractivity contribution >= 4 is 23.4 Å². The predicted octanol–water partition coefficient (Wildman–Crippen LogP) is 1.63. The molecule has 2 rings (SSSR count). The van der Waals surface area contributed by atoms with Gasteiger partial charge in [-0.3, -0.25) is 14.9 Å². The van der Waals surface area contributed by atoms with Gasteiger partial charge in [0.2, 0.25) is 5.91 Å². The smallest absolute Gasteiger partial charge is 0.270 e. The fraction of sp³-hybridized carbons (Fsp3) is 0.0833. The minimum Gasteiger partial charge on any atom is -0.369 e. The molecule has 0 saturated heterocycles. The molecule has 0 atom stereocenters. The van der Waals surface area contributed by atoms with Crippen molar-refractivity contribution in [3.05, 3.63) is 46.5 Å². The zero-order valence-corrected chi connectivity index (χ0v) is 11.0. The molecule has 7 nitrogen and oxygen atoms in total. The molecule has 1 aromatic heterocycles. The van der Waals surface area contributed by atoms with E-state index in [0.29, 0.717) is 16.3 Å². The fourth-order valence-electron chi connectivity index (χ4n) is 1.47. The van der Waals surface area contributed by atoms with Gasteiger partial charge in [-0.2, -0.15) is 0 Å². The second-order valence-electron chi connectivity index (χ2n) is 3.82. The third-order valence-electron chi connectivity index (χ3n) is 2.36. The van der Waals surface area contributed by atoms with Crippen LogP contribution in [0, 0.1) is 10.1 Å². The molecule has 0 spiro atoms. The molecule has 2 aromatic rings. The summed E-state index contributed by atoms with van der Waals surface area (Å²) in [5, 5.41) is 19.2. The molecule has 1 amide bonds. The predicted molar refractivity (Wildman–Crippen MR) is 74.0 cm³/mol. The summed E-state index contributed by atoms with van der Waals surface area (Å²) >= 11 is 1.18. The molecule has 1 heterocycles. The van der Waals surface area contributed by atoms with Crippen molar-refractivity contribution in [2.45, 2.75) is 5.03 Å². The zero-order valence-electron chi connectivity index (χ0n) is 10.2. The minimum atomic E-state index is -0.464. The van der Waals surface area contributed by atoms with Crippen LogP contribution in [0.15, 0.2) is 41.4 Å². The Kier molecular flexibility index (Phi) is 4.26. The zero-order chi connectivity index (χ0) is 14.5. The van der Waals surface area contributed by atoms with Crippen molar-refractivity contribution in [3.8, 4) is 11.3 Å². The molecular formula is C12H10N4O3S. The molecule has 102 valence electrons. The van der Waals surface area contributed by atoms with Crippen LogP contribution in [-0.4, -0.2) is 26.8 Å². The molecule has 0 aliphatic heterocycles. The lowest BCUT2D eigenvalue weighted by Gasteiger charge is -2.01. The second kappa shape index (κ2) is 6.11. The van der Waals surface area contributed by atoms with Crippen molar-refractivity contribution in [1.29, 1.82) is 0 Å². The number of carbonyl (C=O) groups excluding carboxylic acids is 1. The number of nitro groups is 1. The number of hydrogen-bond acceptors (Lipinski definition) is 6. The number of aromatic nitrogens is 2. The fourth-order valence-corrected chi connectivity index (χ4v) is 2.03. The van der Waals surface area contributed by atoms with Crippen LogP contribution in [0.3, 0.4) is 0 Å². The Morgan fingerprint density at radius 1 is 1.30 bits per heavy atom. The average molecular weight is 290 g/mol. The van der Waals surface area contributed by atoms with Crippen LogP contribution in [0.2, 0.25) is 0 Å². The lowest BCUT2D eigenvalue weighted by atomic mass is 10.1. The van der Waals surface area contributed by atoms with Crippen LogP contribution in [0.25, 0.3) is 11.3 Å². The maximum Gasteiger partial charge on any atom is 0.270 e. The molecule has 8 heteroatoms. The van der Waals surface area contributed by atoms with Gasteiger partial charge in [0.15, 0.2) is 0 Å². The molecule has 0 bridgehead atoms. The molecule has 0 radical (unpaired) electrons. The standard InChI is InChI=1S/C12H10N4O3S/c13-11(17)7-20-12-5-4-10(14-15-12)8-2-1-3-9(6-8)16(18)19/h1-6H,7H2,(H2,13,17). The van der Waals surface area contributed by atoms with E-state index in [0.717, 1.165) is 0 Å². The van der Waals surface area contributed by atoms with E-state index < -0.39 is 10.8 Å². The van der Waals surface area contributed by atoms with Crippen LogP contribution in [0.4, 0.5) is 5.69 Å². The first-order valence-electron chi connectivity index (χ1n) is 5.56. The highest BCUT2D eigenvalue weighted by Crippen LogP contribution is 2.23. The molecule has 0 aliphatic rings. The SMILES string of the molecule is NC(=O)CSc1ccc(-c2cccc([N+](=O)[O-])c2)nn1. The highest BCUT2D eigenvalue weighted by Gasteiger charge is 2.08. The number of thioether (sulfide) groups is 1. The summed E-state index contributed by atoms with van der Waals surface area (Å²) in [4.78, 5) is 20.9. The number of nitrogens with two attached hydrogens (primary N) is 1. The molecule has 2 N–H and O–H groups in total. The van der Waals surface area contributed by atoms with E-state index in [1.54, 1.807) is 24.3 Å². The Bertz CT molecular complexity index is 645. The lowest BCUT2D eigenvalue weighted by Crippen LogP contribution is -2.13. The summed E-state index contributed by atoms with van der Waals surface area (Å²) in [7, 11) is 0. The Balaban J connectivity index is 2.19. The third kappa shape index (κ3) is 3.51. The number of benzene rings is 1. The van der Waals surface area contributed by atoms with E-state index in [2.05, 4.69) is 10.2 Å². The summed E-state index contributed by atoms with van der Waals surface area (Å²) in [5.74, 6) is -0.301. The van der Waals surface area contributed by atoms with Crippen LogP contribution < -0.4 is 5.73 Å². The Morgan fingerprint density at radius 2 is 2.10 bits per heavy atom. The van der Waals surface area contributed by atoms with Gasteiger partial charge in [0.1, 0.15) is 5.03 Å². The summed E-state index contributed by atoms with van der Waals surface area (Å²) in [6.07, 6.45) is 0. The van der Waals surface area contributed by atoms with Crippen molar-refractivity contribution in [3.63, 3.8) is 0 Å². The summed E-state index contributed by atoms with van der Waals surface area (Å²) in [6, 6.07) is 9.52. The maximum absolute atomic E-state index is 10.7. The van der Waals surface area contributed by atoms with Crippen LogP contribution in [0.1, 0.15) is 0 Å². The van der Waals surface area contributed by atoms with E-state index in [1.165, 1.54) is 23.9 Å². The van der Waals surface area contributed by atoms with Crippen molar-refractivity contribution in [2.75, 3.05) is 5.75 Å². The lowest BCUT2D eigenvalue weighted by molar-refractivity contribution is -0.384. The van der Waals surface area contributed by atoms with Gasteiger partial charge >= 0.3 is 0 Å². The Hall–Kier alpha value is -2.48. The van der Waals surface area contributed by atoms with Gasteiger partial charge in [-0.05, 0) is 12.1 Å². The van der Waals surface area contributed by atoms with E-state index in [4.69, 9.17) is 5.73 Å². The van der Waals surface area contributed by atoms with Gasteiger partial charge in [-0.1, -0.05) is 23.9 Å². The highest BCUT2D eigenvalue weighted by atomic mass is 32.2. The van der Waals surface area contributed by atoms with Gasteiger partial charge in [0, 0.05) is 17.7 Å². The number of primary amides is 1. The van der Waals surface area contributed by atoms with E-state index in [9.17, 15) is 14.9 Å². The normalized spacial score (nSPS) is 10.2. The summed E-state index contributed by atoms with van der Waals surface area (Å²) < 4.78 is 0. The molecular weight excluding hydrogens is 280 g/mol. The highest BCUT2D eigenvalue weighted by molar-refractivity contribution is 7.99. The van der Waals surface area contributed by atoms with Crippen molar-refractivity contribution < 1.29 is 9.72 Å². The number of nitrogens with zero attached hydrogens (tertiary/aromatic N) is 3. The van der Waals surface area contributed by atoms with Gasteiger partial charge in [-0.15, -0.1) is 10.2 Å².